The van der Waals surface area contributed by atoms with Gasteiger partial charge in [-0.15, -0.1) is 0 Å². The van der Waals surface area contributed by atoms with E-state index in [0.717, 1.165) is 16.8 Å². The van der Waals surface area contributed by atoms with Crippen LogP contribution in [0.3, 0.4) is 0 Å². The van der Waals surface area contributed by atoms with E-state index in [1.165, 1.54) is 13.3 Å². The largest absolute Gasteiger partial charge is 0.508 e. The topological polar surface area (TPSA) is 110 Å². The van der Waals surface area contributed by atoms with Crippen LogP contribution < -0.4 is 15.8 Å². The molecule has 0 saturated heterocycles. The highest BCUT2D eigenvalue weighted by atomic mass is 16.5. The van der Waals surface area contributed by atoms with Gasteiger partial charge >= 0.3 is 0 Å². The summed E-state index contributed by atoms with van der Waals surface area (Å²) in [6.07, 6.45) is 1.92. The average Bonchev–Trinajstić information content (AvgIpc) is 2.52. The Bertz CT molecular complexity index is 659. The molecule has 1 aromatic heterocycles. The number of anilines is 2. The Morgan fingerprint density at radius 1 is 1.36 bits per heavy atom. The molecular weight excluding hydrogens is 284 g/mol. The maximum Gasteiger partial charge on any atom is 0.228 e. The molecule has 0 spiro atoms. The average molecular weight is 304 g/mol. The predicted octanol–water partition coefficient (Wildman–Crippen LogP) is 1.93. The van der Waals surface area contributed by atoms with Gasteiger partial charge in [-0.3, -0.25) is 4.79 Å². The van der Waals surface area contributed by atoms with Crippen molar-refractivity contribution in [2.24, 2.45) is 0 Å². The summed E-state index contributed by atoms with van der Waals surface area (Å²) in [4.78, 5) is 17.6. The van der Waals surface area contributed by atoms with E-state index >= 15 is 0 Å². The molecule has 0 aliphatic carbocycles. The van der Waals surface area contributed by atoms with Crippen LogP contribution in [0.15, 0.2) is 18.3 Å². The number of nitrogen functional groups attached to an aromatic ring is 1. The van der Waals surface area contributed by atoms with Gasteiger partial charge in [-0.25, -0.2) is 4.98 Å². The van der Waals surface area contributed by atoms with Crippen LogP contribution in [-0.2, 0) is 0 Å². The van der Waals surface area contributed by atoms with Crippen LogP contribution in [0.2, 0.25) is 0 Å². The van der Waals surface area contributed by atoms with Crippen LogP contribution in [0, 0.1) is 13.8 Å². The fraction of sp³-hybridized carbons (Fsp3) is 0.267. The minimum absolute atomic E-state index is 0.0902. The highest BCUT2D eigenvalue weighted by Crippen LogP contribution is 2.27. The second-order valence-corrected chi connectivity index (χ2v) is 4.46. The predicted molar refractivity (Wildman–Crippen MR) is 85.5 cm³/mol. The molecule has 7 nitrogen and oxygen atoms in total. The van der Waals surface area contributed by atoms with Gasteiger partial charge in [0.25, 0.3) is 0 Å². The molecule has 0 amide bonds. The van der Waals surface area contributed by atoms with Gasteiger partial charge in [-0.05, 0) is 25.5 Å². The molecule has 0 aliphatic heterocycles. The Morgan fingerprint density at radius 3 is 2.55 bits per heavy atom. The Morgan fingerprint density at radius 2 is 2.05 bits per heavy atom. The van der Waals surface area contributed by atoms with E-state index in [9.17, 15) is 9.90 Å². The van der Waals surface area contributed by atoms with Crippen LogP contribution in [0.25, 0.3) is 0 Å². The number of rotatable bonds is 3. The lowest BCUT2D eigenvalue weighted by molar-refractivity contribution is 0.111. The molecule has 7 heteroatoms. The third-order valence-electron chi connectivity index (χ3n) is 3.01. The number of nitrogens with zero attached hydrogens (tertiary/aromatic N) is 2. The van der Waals surface area contributed by atoms with E-state index in [4.69, 9.17) is 10.5 Å². The van der Waals surface area contributed by atoms with Gasteiger partial charge in [0.05, 0.1) is 12.7 Å². The zero-order chi connectivity index (χ0) is 16.7. The third-order valence-corrected chi connectivity index (χ3v) is 3.01. The van der Waals surface area contributed by atoms with Crippen molar-refractivity contribution in [3.63, 3.8) is 0 Å². The van der Waals surface area contributed by atoms with Crippen molar-refractivity contribution in [1.82, 2.24) is 9.97 Å². The molecule has 0 unspecified atom stereocenters. The highest BCUT2D eigenvalue weighted by molar-refractivity contribution is 5.77. The summed E-state index contributed by atoms with van der Waals surface area (Å²) < 4.78 is 4.75. The van der Waals surface area contributed by atoms with E-state index in [-0.39, 0.29) is 11.8 Å². The number of aromatic nitrogens is 2. The number of hydrogen-bond acceptors (Lipinski definition) is 7. The number of aryl methyl sites for hydroxylation is 1. The Balaban J connectivity index is 0.000000220. The molecule has 0 saturated carbocycles. The molecule has 0 fully saturated rings. The van der Waals surface area contributed by atoms with Crippen molar-refractivity contribution in [1.29, 1.82) is 0 Å². The number of carbonyl (C=O) groups is 1. The lowest BCUT2D eigenvalue weighted by Crippen LogP contribution is -2.00. The van der Waals surface area contributed by atoms with E-state index in [0.29, 0.717) is 17.6 Å². The number of phenolic OH excluding ortho intramolecular Hbond substituents is 1. The number of aldehydes is 1. The van der Waals surface area contributed by atoms with E-state index in [1.54, 1.807) is 6.07 Å². The van der Waals surface area contributed by atoms with Gasteiger partial charge < -0.3 is 20.9 Å². The first-order chi connectivity index (χ1) is 10.4. The number of aromatic hydroxyl groups is 1. The molecule has 118 valence electrons. The molecule has 0 atom stereocenters. The number of benzene rings is 1. The molecule has 1 aromatic carbocycles. The number of hydrogen-bond donors (Lipinski definition) is 3. The minimum atomic E-state index is 0.0902. The number of nitrogens with one attached hydrogen (secondary N) is 1. The van der Waals surface area contributed by atoms with Crippen molar-refractivity contribution in [2.45, 2.75) is 13.8 Å². The zero-order valence-corrected chi connectivity index (χ0v) is 13.0. The number of methoxy groups -OCH3 is 1. The van der Waals surface area contributed by atoms with Crippen molar-refractivity contribution in [3.8, 4) is 11.6 Å². The van der Waals surface area contributed by atoms with Crippen molar-refractivity contribution in [3.05, 3.63) is 35.0 Å². The molecule has 2 rings (SSSR count). The maximum atomic E-state index is 10.3. The van der Waals surface area contributed by atoms with Gasteiger partial charge in [0.2, 0.25) is 11.8 Å². The number of carbonyl (C=O) groups excluding carboxylic acids is 1. The van der Waals surface area contributed by atoms with Gasteiger partial charge in [-0.2, -0.15) is 4.98 Å². The monoisotopic (exact) mass is 304 g/mol. The molecule has 1 heterocycles. The molecule has 4 N–H and O–H groups in total. The summed E-state index contributed by atoms with van der Waals surface area (Å²) in [6, 6.07) is 3.61. The second-order valence-electron chi connectivity index (χ2n) is 4.46. The zero-order valence-electron chi connectivity index (χ0n) is 13.0. The van der Waals surface area contributed by atoms with Gasteiger partial charge in [0, 0.05) is 24.5 Å². The van der Waals surface area contributed by atoms with Crippen molar-refractivity contribution in [2.75, 3.05) is 25.2 Å². The first-order valence-corrected chi connectivity index (χ1v) is 6.53. The lowest BCUT2D eigenvalue weighted by Gasteiger charge is -2.09. The fourth-order valence-electron chi connectivity index (χ4n) is 1.85. The standard InChI is InChI=1S/C9H13NO.C6H7N3O2/c1-6-4-5-8(11)7(2)9(6)10-3;1-11-5-4(3-10)2-8-6(7)9-5/h4-5,10-11H,1-3H3;2-3H,1H3,(H2,7,8,9). The lowest BCUT2D eigenvalue weighted by atomic mass is 10.1. The summed E-state index contributed by atoms with van der Waals surface area (Å²) in [5.41, 5.74) is 8.62. The van der Waals surface area contributed by atoms with Gasteiger partial charge in [0.1, 0.15) is 5.75 Å². The van der Waals surface area contributed by atoms with Crippen LogP contribution in [0.4, 0.5) is 11.6 Å². The SMILES string of the molecule is CNc1c(C)ccc(O)c1C.COc1nc(N)ncc1C=O. The highest BCUT2D eigenvalue weighted by Gasteiger charge is 2.04. The van der Waals surface area contributed by atoms with Crippen LogP contribution in [-0.4, -0.2) is 35.5 Å². The Kier molecular flexibility index (Phi) is 6.12. The van der Waals surface area contributed by atoms with E-state index in [2.05, 4.69) is 15.3 Å². The Hall–Kier alpha value is -2.83. The number of phenols is 1. The molecule has 2 aromatic rings. The number of nitrogens with two attached hydrogens (primary N) is 1. The normalized spacial score (nSPS) is 9.45. The molecular formula is C15H20N4O3. The maximum absolute atomic E-state index is 10.3. The van der Waals surface area contributed by atoms with Crippen LogP contribution in [0.1, 0.15) is 21.5 Å². The molecule has 0 radical (unpaired) electrons. The fourth-order valence-corrected chi connectivity index (χ4v) is 1.85. The summed E-state index contributed by atoms with van der Waals surface area (Å²) in [6.45, 7) is 3.91. The molecule has 22 heavy (non-hydrogen) atoms. The van der Waals surface area contributed by atoms with Gasteiger partial charge in [-0.1, -0.05) is 6.07 Å². The second kappa shape index (κ2) is 7.82. The van der Waals surface area contributed by atoms with E-state index in [1.807, 2.05) is 27.0 Å². The van der Waals surface area contributed by atoms with E-state index < -0.39 is 0 Å². The molecule has 0 bridgehead atoms. The van der Waals surface area contributed by atoms with Crippen LogP contribution in [0.5, 0.6) is 11.6 Å². The van der Waals surface area contributed by atoms with Crippen molar-refractivity contribution >= 4 is 17.9 Å². The summed E-state index contributed by atoms with van der Waals surface area (Å²) in [5, 5.41) is 12.4. The molecule has 0 aliphatic rings. The van der Waals surface area contributed by atoms with Crippen molar-refractivity contribution < 1.29 is 14.6 Å². The first kappa shape index (κ1) is 17.2. The first-order valence-electron chi connectivity index (χ1n) is 6.53. The third kappa shape index (κ3) is 4.08. The van der Waals surface area contributed by atoms with Crippen LogP contribution >= 0.6 is 0 Å². The minimum Gasteiger partial charge on any atom is -0.508 e. The Labute approximate surface area is 129 Å². The summed E-state index contributed by atoms with van der Waals surface area (Å²) >= 11 is 0. The van der Waals surface area contributed by atoms with Gasteiger partial charge in [0.15, 0.2) is 6.29 Å². The quantitative estimate of drug-likeness (QED) is 0.743. The summed E-state index contributed by atoms with van der Waals surface area (Å²) in [5.74, 6) is 0.639. The number of ether oxygens (including phenoxy) is 1. The smallest absolute Gasteiger partial charge is 0.228 e. The summed E-state index contributed by atoms with van der Waals surface area (Å²) in [7, 11) is 3.27.